The van der Waals surface area contributed by atoms with Gasteiger partial charge in [0.05, 0.1) is 46.7 Å². The molecule has 6 aromatic rings. The largest absolute Gasteiger partial charge is 0.492 e. The summed E-state index contributed by atoms with van der Waals surface area (Å²) >= 11 is 0. The number of H-pyrrole nitrogens is 2. The molecule has 1 saturated carbocycles. The molecule has 2 aliphatic rings. The van der Waals surface area contributed by atoms with Gasteiger partial charge in [-0.3, -0.25) is 29.7 Å². The number of benzene rings is 1. The second kappa shape index (κ2) is 12.6. The van der Waals surface area contributed by atoms with E-state index >= 15 is 0 Å². The van der Waals surface area contributed by atoms with Crippen LogP contribution in [0.5, 0.6) is 5.75 Å². The summed E-state index contributed by atoms with van der Waals surface area (Å²) in [7, 11) is 0. The van der Waals surface area contributed by atoms with Crippen molar-refractivity contribution < 1.29 is 13.9 Å². The molecule has 0 bridgehead atoms. The molecule has 0 unspecified atom stereocenters. The molecule has 1 saturated heterocycles. The standard InChI is InChI=1S/C36H35FN8O2/c37-25-11-23(13-27(14-25)47-10-9-45-7-3-4-8-45)30-19-39-20-33-28(30)15-32(42-33)35-29-16-31(40-21-34(29)43-44-35)24-12-26(18-38-17-24)41-36(46)22-5-1-2-6-22/h11-22,42H,1-10H2,(H,41,46)(H,43,44). The van der Waals surface area contributed by atoms with Gasteiger partial charge in [-0.15, -0.1) is 0 Å². The first-order valence-electron chi connectivity index (χ1n) is 16.3. The van der Waals surface area contributed by atoms with Crippen LogP contribution < -0.4 is 10.1 Å². The van der Waals surface area contributed by atoms with Gasteiger partial charge in [0.25, 0.3) is 0 Å². The van der Waals surface area contributed by atoms with E-state index in [4.69, 9.17) is 4.74 Å². The Morgan fingerprint density at radius 1 is 0.894 bits per heavy atom. The SMILES string of the molecule is O=C(Nc1cncc(-c2cc3c(-c4cc5c(-c6cc(F)cc(OCCN7CCCC7)c6)cncc5[nH]4)n[nH]c3cn2)c1)C1CCCC1. The first-order chi connectivity index (χ1) is 23.1. The molecular weight excluding hydrogens is 595 g/mol. The molecule has 3 N–H and O–H groups in total. The zero-order chi connectivity index (χ0) is 31.7. The fourth-order valence-corrected chi connectivity index (χ4v) is 6.87. The monoisotopic (exact) mass is 630 g/mol. The van der Waals surface area contributed by atoms with Crippen molar-refractivity contribution in [2.24, 2.45) is 5.92 Å². The van der Waals surface area contributed by atoms with Crippen LogP contribution >= 0.6 is 0 Å². The fraction of sp³-hybridized carbons (Fsp3) is 0.306. The Hall–Kier alpha value is -5.16. The zero-order valence-corrected chi connectivity index (χ0v) is 25.9. The number of amides is 1. The molecule has 5 aromatic heterocycles. The third-order valence-corrected chi connectivity index (χ3v) is 9.33. The van der Waals surface area contributed by atoms with E-state index in [1.807, 2.05) is 24.3 Å². The fourth-order valence-electron chi connectivity index (χ4n) is 6.87. The molecule has 0 atom stereocenters. The normalized spacial score (nSPS) is 15.6. The van der Waals surface area contributed by atoms with Crippen molar-refractivity contribution in [1.82, 2.24) is 35.0 Å². The summed E-state index contributed by atoms with van der Waals surface area (Å²) in [4.78, 5) is 32.0. The molecule has 238 valence electrons. The van der Waals surface area contributed by atoms with Crippen LogP contribution in [0.4, 0.5) is 10.1 Å². The van der Waals surface area contributed by atoms with Crippen molar-refractivity contribution in [1.29, 1.82) is 0 Å². The van der Waals surface area contributed by atoms with Gasteiger partial charge in [0, 0.05) is 52.8 Å². The highest BCUT2D eigenvalue weighted by atomic mass is 19.1. The summed E-state index contributed by atoms with van der Waals surface area (Å²) in [5.41, 5.74) is 6.72. The van der Waals surface area contributed by atoms with Crippen LogP contribution in [0.2, 0.25) is 0 Å². The molecule has 10 nitrogen and oxygen atoms in total. The Morgan fingerprint density at radius 3 is 2.62 bits per heavy atom. The summed E-state index contributed by atoms with van der Waals surface area (Å²) < 4.78 is 20.8. The van der Waals surface area contributed by atoms with Gasteiger partial charge in [-0.05, 0) is 74.7 Å². The minimum absolute atomic E-state index is 0.0502. The molecule has 1 aromatic carbocycles. The summed E-state index contributed by atoms with van der Waals surface area (Å²) in [6.07, 6.45) is 15.2. The molecule has 47 heavy (non-hydrogen) atoms. The van der Waals surface area contributed by atoms with Crippen molar-refractivity contribution in [3.05, 3.63) is 73.2 Å². The number of ether oxygens (including phenoxy) is 1. The Labute approximate surface area is 270 Å². The van der Waals surface area contributed by atoms with Gasteiger partial charge in [0.1, 0.15) is 23.9 Å². The van der Waals surface area contributed by atoms with Crippen LogP contribution in [0.15, 0.2) is 67.4 Å². The maximum absolute atomic E-state index is 14.8. The summed E-state index contributed by atoms with van der Waals surface area (Å²) in [6.45, 7) is 3.53. The van der Waals surface area contributed by atoms with Crippen LogP contribution in [-0.2, 0) is 4.79 Å². The van der Waals surface area contributed by atoms with Gasteiger partial charge in [-0.1, -0.05) is 12.8 Å². The molecule has 1 aliphatic carbocycles. The number of halogens is 1. The Balaban J connectivity index is 1.08. The number of nitrogens with one attached hydrogen (secondary N) is 3. The lowest BCUT2D eigenvalue weighted by molar-refractivity contribution is -0.119. The Kier molecular flexibility index (Phi) is 7.82. The molecule has 0 spiro atoms. The molecular formula is C36H35FN8O2. The van der Waals surface area contributed by atoms with Crippen molar-refractivity contribution in [3.8, 4) is 39.5 Å². The lowest BCUT2D eigenvalue weighted by atomic mass is 10.0. The number of hydrogen-bond acceptors (Lipinski definition) is 7. The third-order valence-electron chi connectivity index (χ3n) is 9.33. The van der Waals surface area contributed by atoms with Crippen molar-refractivity contribution >= 4 is 33.4 Å². The average molecular weight is 631 g/mol. The molecule has 2 fully saturated rings. The number of carbonyl (C=O) groups is 1. The number of anilines is 1. The number of fused-ring (bicyclic) bond motifs is 2. The van der Waals surface area contributed by atoms with Crippen LogP contribution in [-0.4, -0.2) is 67.2 Å². The van der Waals surface area contributed by atoms with Crippen molar-refractivity contribution in [2.75, 3.05) is 31.6 Å². The molecule has 11 heteroatoms. The van der Waals surface area contributed by atoms with Crippen molar-refractivity contribution in [2.45, 2.75) is 38.5 Å². The number of carbonyl (C=O) groups excluding carboxylic acids is 1. The second-order valence-corrected chi connectivity index (χ2v) is 12.5. The number of rotatable bonds is 9. The van der Waals surface area contributed by atoms with Gasteiger partial charge >= 0.3 is 0 Å². The van der Waals surface area contributed by atoms with Crippen molar-refractivity contribution in [3.63, 3.8) is 0 Å². The topological polar surface area (TPSA) is 125 Å². The number of nitrogens with zero attached hydrogens (tertiary/aromatic N) is 5. The first kappa shape index (κ1) is 29.3. The smallest absolute Gasteiger partial charge is 0.227 e. The van der Waals surface area contributed by atoms with E-state index in [0.29, 0.717) is 29.3 Å². The maximum atomic E-state index is 14.8. The predicted molar refractivity (Wildman–Crippen MR) is 179 cm³/mol. The summed E-state index contributed by atoms with van der Waals surface area (Å²) in [5.74, 6) is 0.257. The van der Waals surface area contributed by atoms with E-state index in [2.05, 4.69) is 40.3 Å². The number of aromatic nitrogens is 6. The molecule has 0 radical (unpaired) electrons. The quantitative estimate of drug-likeness (QED) is 0.158. The van der Waals surface area contributed by atoms with Gasteiger partial charge in [-0.25, -0.2) is 4.39 Å². The molecule has 1 aliphatic heterocycles. The third kappa shape index (κ3) is 6.06. The highest BCUT2D eigenvalue weighted by Crippen LogP contribution is 2.36. The number of pyridine rings is 3. The Bertz CT molecular complexity index is 2080. The number of likely N-dealkylation sites (tertiary alicyclic amines) is 1. The number of hydrogen-bond donors (Lipinski definition) is 3. The van der Waals surface area contributed by atoms with Gasteiger partial charge < -0.3 is 15.0 Å². The average Bonchev–Trinajstić information content (AvgIpc) is 3.91. The van der Waals surface area contributed by atoms with E-state index in [1.54, 1.807) is 31.0 Å². The Morgan fingerprint density at radius 2 is 1.74 bits per heavy atom. The van der Waals surface area contributed by atoms with Gasteiger partial charge in [-0.2, -0.15) is 5.10 Å². The van der Waals surface area contributed by atoms with Gasteiger partial charge in [0.2, 0.25) is 5.91 Å². The number of aromatic amines is 2. The van der Waals surface area contributed by atoms with E-state index in [1.165, 1.54) is 25.0 Å². The summed E-state index contributed by atoms with van der Waals surface area (Å²) in [6, 6.07) is 10.7. The zero-order valence-electron chi connectivity index (χ0n) is 25.9. The van der Waals surface area contributed by atoms with E-state index in [9.17, 15) is 9.18 Å². The van der Waals surface area contributed by atoms with Crippen LogP contribution in [0, 0.1) is 11.7 Å². The second-order valence-electron chi connectivity index (χ2n) is 12.5. The first-order valence-corrected chi connectivity index (χ1v) is 16.3. The lowest BCUT2D eigenvalue weighted by Crippen LogP contribution is -2.25. The van der Waals surface area contributed by atoms with E-state index in [-0.39, 0.29) is 17.6 Å². The minimum Gasteiger partial charge on any atom is -0.492 e. The lowest BCUT2D eigenvalue weighted by Gasteiger charge is -2.15. The van der Waals surface area contributed by atoms with E-state index < -0.39 is 0 Å². The highest BCUT2D eigenvalue weighted by molar-refractivity contribution is 6.01. The van der Waals surface area contributed by atoms with Crippen LogP contribution in [0.1, 0.15) is 38.5 Å². The maximum Gasteiger partial charge on any atom is 0.227 e. The van der Waals surface area contributed by atoms with E-state index in [0.717, 1.165) is 89.6 Å². The highest BCUT2D eigenvalue weighted by Gasteiger charge is 2.23. The molecule has 1 amide bonds. The summed E-state index contributed by atoms with van der Waals surface area (Å²) in [5, 5.41) is 12.5. The van der Waals surface area contributed by atoms with Crippen LogP contribution in [0.3, 0.4) is 0 Å². The minimum atomic E-state index is -0.360. The molecule has 8 rings (SSSR count). The van der Waals surface area contributed by atoms with Crippen LogP contribution in [0.25, 0.3) is 55.6 Å². The predicted octanol–water partition coefficient (Wildman–Crippen LogP) is 6.97. The molecule has 6 heterocycles. The van der Waals surface area contributed by atoms with Gasteiger partial charge in [0.15, 0.2) is 0 Å².